The van der Waals surface area contributed by atoms with Crippen LogP contribution in [0, 0.1) is 0 Å². The maximum absolute atomic E-state index is 12.8. The number of halogens is 2. The van der Waals surface area contributed by atoms with Crippen LogP contribution >= 0.6 is 24.8 Å². The number of carbonyl (C=O) groups is 1. The minimum absolute atomic E-state index is 0. The monoisotopic (exact) mass is 425 g/mol. The fourth-order valence-electron chi connectivity index (χ4n) is 3.39. The number of rotatable bonds is 5. The van der Waals surface area contributed by atoms with Crippen LogP contribution in [-0.2, 0) is 10.3 Å². The van der Waals surface area contributed by atoms with E-state index in [0.717, 1.165) is 42.9 Å². The van der Waals surface area contributed by atoms with E-state index in [-0.39, 0.29) is 36.8 Å². The maximum atomic E-state index is 12.8. The van der Waals surface area contributed by atoms with Crippen LogP contribution in [0.1, 0.15) is 25.3 Å². The highest BCUT2D eigenvalue weighted by molar-refractivity contribution is 5.87. The summed E-state index contributed by atoms with van der Waals surface area (Å²) < 4.78 is 5.32. The molecular formula is C21H29Cl2N3O2. The molecule has 1 amide bonds. The molecule has 0 bridgehead atoms. The molecule has 0 aliphatic carbocycles. The van der Waals surface area contributed by atoms with Crippen molar-refractivity contribution >= 4 is 36.4 Å². The van der Waals surface area contributed by atoms with E-state index >= 15 is 0 Å². The lowest BCUT2D eigenvalue weighted by atomic mass is 9.91. The van der Waals surface area contributed by atoms with E-state index in [9.17, 15) is 4.79 Å². The van der Waals surface area contributed by atoms with Crippen LogP contribution in [0.5, 0.6) is 5.75 Å². The van der Waals surface area contributed by atoms with Crippen LogP contribution in [0.3, 0.4) is 0 Å². The number of ether oxygens (including phenoxy) is 1. The second-order valence-corrected chi connectivity index (χ2v) is 7.03. The van der Waals surface area contributed by atoms with Crippen molar-refractivity contribution in [3.63, 3.8) is 0 Å². The predicted octanol–water partition coefficient (Wildman–Crippen LogP) is 3.50. The Hall–Kier alpha value is -1.95. The van der Waals surface area contributed by atoms with E-state index in [4.69, 9.17) is 10.5 Å². The molecule has 154 valence electrons. The topological polar surface area (TPSA) is 67.6 Å². The van der Waals surface area contributed by atoms with E-state index in [1.807, 2.05) is 48.5 Å². The third-order valence-electron chi connectivity index (χ3n) is 5.02. The highest BCUT2D eigenvalue weighted by Crippen LogP contribution is 2.25. The van der Waals surface area contributed by atoms with Crippen LogP contribution in [0.4, 0.5) is 5.69 Å². The van der Waals surface area contributed by atoms with E-state index in [1.54, 1.807) is 14.0 Å². The van der Waals surface area contributed by atoms with Gasteiger partial charge in [-0.1, -0.05) is 36.4 Å². The quantitative estimate of drug-likeness (QED) is 0.768. The molecule has 0 radical (unpaired) electrons. The summed E-state index contributed by atoms with van der Waals surface area (Å²) in [5.41, 5.74) is 7.23. The molecule has 28 heavy (non-hydrogen) atoms. The smallest absolute Gasteiger partial charge is 0.244 e. The molecule has 1 aliphatic heterocycles. The van der Waals surface area contributed by atoms with Crippen molar-refractivity contribution < 1.29 is 9.53 Å². The van der Waals surface area contributed by atoms with E-state index < -0.39 is 5.54 Å². The molecule has 2 atom stereocenters. The van der Waals surface area contributed by atoms with E-state index in [0.29, 0.717) is 0 Å². The Morgan fingerprint density at radius 3 is 2.57 bits per heavy atom. The van der Waals surface area contributed by atoms with Gasteiger partial charge in [-0.25, -0.2) is 0 Å². The summed E-state index contributed by atoms with van der Waals surface area (Å²) in [7, 11) is 1.67. The number of carbonyl (C=O) groups excluding carboxylic acids is 1. The van der Waals surface area contributed by atoms with Gasteiger partial charge in [0.2, 0.25) is 5.91 Å². The number of anilines is 1. The largest absolute Gasteiger partial charge is 0.497 e. The van der Waals surface area contributed by atoms with Gasteiger partial charge in [0.25, 0.3) is 0 Å². The summed E-state index contributed by atoms with van der Waals surface area (Å²) in [6.45, 7) is 3.50. The normalized spacial score (nSPS) is 18.1. The fraction of sp³-hybridized carbons (Fsp3) is 0.381. The number of piperidine rings is 1. The first-order valence-corrected chi connectivity index (χ1v) is 9.05. The van der Waals surface area contributed by atoms with Crippen LogP contribution in [0.2, 0.25) is 0 Å². The first kappa shape index (κ1) is 24.1. The zero-order valence-electron chi connectivity index (χ0n) is 16.3. The number of hydrogen-bond acceptors (Lipinski definition) is 4. The van der Waals surface area contributed by atoms with Gasteiger partial charge in [0.1, 0.15) is 11.3 Å². The summed E-state index contributed by atoms with van der Waals surface area (Å²) in [6.07, 6.45) is 1.98. The van der Waals surface area contributed by atoms with Crippen LogP contribution < -0.4 is 20.7 Å². The number of benzene rings is 2. The fourth-order valence-corrected chi connectivity index (χ4v) is 3.39. The third kappa shape index (κ3) is 5.53. The molecule has 1 saturated heterocycles. The van der Waals surface area contributed by atoms with Gasteiger partial charge in [-0.3, -0.25) is 4.79 Å². The highest BCUT2D eigenvalue weighted by atomic mass is 35.5. The van der Waals surface area contributed by atoms with Crippen molar-refractivity contribution in [3.05, 3.63) is 60.2 Å². The van der Waals surface area contributed by atoms with Crippen molar-refractivity contribution in [2.24, 2.45) is 5.73 Å². The van der Waals surface area contributed by atoms with Crippen molar-refractivity contribution in [1.29, 1.82) is 0 Å². The molecule has 0 saturated carbocycles. The van der Waals surface area contributed by atoms with Crippen molar-refractivity contribution in [1.82, 2.24) is 5.32 Å². The van der Waals surface area contributed by atoms with Crippen molar-refractivity contribution in [2.45, 2.75) is 31.3 Å². The molecule has 3 rings (SSSR count). The van der Waals surface area contributed by atoms with E-state index in [1.165, 1.54) is 0 Å². The van der Waals surface area contributed by atoms with Gasteiger partial charge in [-0.05, 0) is 37.5 Å². The molecule has 2 aromatic rings. The molecule has 7 heteroatoms. The minimum atomic E-state index is -1.04. The molecule has 1 aliphatic rings. The maximum Gasteiger partial charge on any atom is 0.244 e. The summed E-state index contributed by atoms with van der Waals surface area (Å²) in [5.74, 6) is 0.702. The molecule has 0 aromatic heterocycles. The van der Waals surface area contributed by atoms with Crippen molar-refractivity contribution in [2.75, 3.05) is 25.1 Å². The SMILES string of the molecule is COc1cccc(N2CCCC(NC(=O)C(C)(N)c3ccccc3)C2)c1.Cl.Cl. The Labute approximate surface area is 179 Å². The lowest BCUT2D eigenvalue weighted by Gasteiger charge is -2.36. The average Bonchev–Trinajstić information content (AvgIpc) is 2.69. The van der Waals surface area contributed by atoms with Gasteiger partial charge in [0.15, 0.2) is 0 Å². The summed E-state index contributed by atoms with van der Waals surface area (Å²) >= 11 is 0. The second-order valence-electron chi connectivity index (χ2n) is 7.03. The van der Waals surface area contributed by atoms with Crippen LogP contribution in [-0.4, -0.2) is 32.1 Å². The summed E-state index contributed by atoms with van der Waals surface area (Å²) in [6, 6.07) is 17.6. The van der Waals surface area contributed by atoms with Gasteiger partial charge in [0.05, 0.1) is 7.11 Å². The summed E-state index contributed by atoms with van der Waals surface area (Å²) in [4.78, 5) is 15.1. The highest BCUT2D eigenvalue weighted by Gasteiger charge is 2.33. The molecule has 1 fully saturated rings. The molecular weight excluding hydrogens is 397 g/mol. The molecule has 2 unspecified atom stereocenters. The lowest BCUT2D eigenvalue weighted by molar-refractivity contribution is -0.126. The number of hydrogen-bond donors (Lipinski definition) is 2. The standard InChI is InChI=1S/C21H27N3O2.2ClH/c1-21(22,16-8-4-3-5-9-16)20(25)23-17-10-7-13-24(15-17)18-11-6-12-19(14-18)26-2;;/h3-6,8-9,11-12,14,17H,7,10,13,15,22H2,1-2H3,(H,23,25);2*1H. The van der Waals surface area contributed by atoms with Crippen LogP contribution in [0.15, 0.2) is 54.6 Å². The van der Waals surface area contributed by atoms with Gasteiger partial charge in [0, 0.05) is 30.9 Å². The van der Waals surface area contributed by atoms with E-state index in [2.05, 4.69) is 16.3 Å². The number of nitrogens with one attached hydrogen (secondary N) is 1. The number of nitrogens with zero attached hydrogens (tertiary/aromatic N) is 1. The first-order chi connectivity index (χ1) is 12.5. The lowest BCUT2D eigenvalue weighted by Crippen LogP contribution is -2.55. The number of methoxy groups -OCH3 is 1. The zero-order valence-corrected chi connectivity index (χ0v) is 17.9. The van der Waals surface area contributed by atoms with Crippen LogP contribution in [0.25, 0.3) is 0 Å². The van der Waals surface area contributed by atoms with Gasteiger partial charge >= 0.3 is 0 Å². The molecule has 2 aromatic carbocycles. The van der Waals surface area contributed by atoms with Gasteiger partial charge < -0.3 is 20.7 Å². The van der Waals surface area contributed by atoms with Crippen molar-refractivity contribution in [3.8, 4) is 5.75 Å². The number of amides is 1. The summed E-state index contributed by atoms with van der Waals surface area (Å²) in [5, 5.41) is 3.15. The zero-order chi connectivity index (χ0) is 18.6. The molecule has 1 heterocycles. The first-order valence-electron chi connectivity index (χ1n) is 9.05. The second kappa shape index (κ2) is 10.6. The average molecular weight is 426 g/mol. The van der Waals surface area contributed by atoms with Gasteiger partial charge in [-0.15, -0.1) is 24.8 Å². The predicted molar refractivity (Wildman–Crippen MR) is 119 cm³/mol. The Kier molecular flexibility index (Phi) is 9.08. The molecule has 3 N–H and O–H groups in total. The Balaban J connectivity index is 0.00000196. The molecule has 0 spiro atoms. The Bertz CT molecular complexity index is 756. The molecule has 5 nitrogen and oxygen atoms in total. The third-order valence-corrected chi connectivity index (χ3v) is 5.02. The number of nitrogens with two attached hydrogens (primary N) is 1. The Morgan fingerprint density at radius 1 is 1.18 bits per heavy atom. The minimum Gasteiger partial charge on any atom is -0.497 e. The van der Waals surface area contributed by atoms with Gasteiger partial charge in [-0.2, -0.15) is 0 Å². The Morgan fingerprint density at radius 2 is 1.89 bits per heavy atom.